The molecule has 0 bridgehead atoms. The Morgan fingerprint density at radius 1 is 1.14 bits per heavy atom. The van der Waals surface area contributed by atoms with Crippen LogP contribution in [0, 0.1) is 5.21 Å². The Morgan fingerprint density at radius 2 is 1.89 bits per heavy atom. The third-order valence-corrected chi connectivity index (χ3v) is 8.32. The second-order valence-electron chi connectivity index (χ2n) is 8.58. The molecule has 0 radical (unpaired) electrons. The number of hydroxylamine groups is 2. The maximum atomic E-state index is 13.4. The number of hydrogen-bond donors (Lipinski definition) is 0. The monoisotopic (exact) mass is 520 g/mol. The van der Waals surface area contributed by atoms with Gasteiger partial charge in [0, 0.05) is 33.3 Å². The number of pyridine rings is 1. The molecule has 2 aliphatic heterocycles. The first kappa shape index (κ1) is 26.5. The van der Waals surface area contributed by atoms with Crippen LogP contribution in [0.25, 0.3) is 0 Å². The van der Waals surface area contributed by atoms with Gasteiger partial charge < -0.3 is 24.6 Å². The number of sulfonamides is 1. The predicted octanol–water partition coefficient (Wildman–Crippen LogP) is 1.60. The third-order valence-electron chi connectivity index (χ3n) is 6.45. The first-order chi connectivity index (χ1) is 17.3. The molecule has 0 saturated carbocycles. The Kier molecular flexibility index (Phi) is 8.25. The lowest BCUT2D eigenvalue weighted by Crippen LogP contribution is -2.48. The molecule has 4 rings (SSSR count). The number of rotatable bonds is 10. The summed E-state index contributed by atoms with van der Waals surface area (Å²) < 4.78 is 41.0. The Morgan fingerprint density at radius 3 is 2.53 bits per heavy atom. The lowest BCUT2D eigenvalue weighted by molar-refractivity contribution is 0.182. The van der Waals surface area contributed by atoms with Crippen molar-refractivity contribution in [3.63, 3.8) is 0 Å². The average molecular weight is 521 g/mol. The molecule has 2 aromatic heterocycles. The molecule has 1 fully saturated rings. The van der Waals surface area contributed by atoms with Crippen LogP contribution in [0.2, 0.25) is 0 Å². The van der Waals surface area contributed by atoms with Gasteiger partial charge in [0.05, 0.1) is 43.8 Å². The fraction of sp³-hybridized carbons (Fsp3) is 0.609. The number of nitrogens with zero attached hydrogens (tertiary/aromatic N) is 7. The summed E-state index contributed by atoms with van der Waals surface area (Å²) in [5, 5.41) is 18.4. The van der Waals surface area contributed by atoms with E-state index in [1.807, 2.05) is 11.6 Å². The molecule has 36 heavy (non-hydrogen) atoms. The Labute approximate surface area is 212 Å². The first-order valence-electron chi connectivity index (χ1n) is 12.3. The molecule has 0 spiro atoms. The summed E-state index contributed by atoms with van der Waals surface area (Å²) in [7, 11) is -2.18. The van der Waals surface area contributed by atoms with Crippen molar-refractivity contribution in [3.05, 3.63) is 34.4 Å². The van der Waals surface area contributed by atoms with Gasteiger partial charge in [-0.3, -0.25) is 4.68 Å². The van der Waals surface area contributed by atoms with E-state index in [4.69, 9.17) is 9.47 Å². The summed E-state index contributed by atoms with van der Waals surface area (Å²) >= 11 is 0. The summed E-state index contributed by atoms with van der Waals surface area (Å²) in [6.07, 6.45) is 1.95. The lowest BCUT2D eigenvalue weighted by atomic mass is 10.1. The van der Waals surface area contributed by atoms with Gasteiger partial charge in [0.1, 0.15) is 22.1 Å². The van der Waals surface area contributed by atoms with Crippen LogP contribution in [0.1, 0.15) is 37.7 Å². The summed E-state index contributed by atoms with van der Waals surface area (Å²) in [5.74, 6) is 0.229. The summed E-state index contributed by atoms with van der Waals surface area (Å²) in [4.78, 5) is 11.2. The van der Waals surface area contributed by atoms with Gasteiger partial charge in [0.25, 0.3) is 0 Å². The van der Waals surface area contributed by atoms with Crippen molar-refractivity contribution in [2.75, 3.05) is 53.0 Å². The van der Waals surface area contributed by atoms with E-state index in [0.29, 0.717) is 68.8 Å². The van der Waals surface area contributed by atoms with Gasteiger partial charge >= 0.3 is 0 Å². The second-order valence-corrected chi connectivity index (χ2v) is 10.5. The van der Waals surface area contributed by atoms with E-state index in [1.165, 1.54) is 16.6 Å². The second kappa shape index (κ2) is 11.2. The number of likely N-dealkylation sites (N-methyl/N-ethyl adjacent to an activating group) is 1. The molecular weight excluding hydrogens is 486 g/mol. The smallest absolute Gasteiger partial charge is 0.244 e. The fourth-order valence-electron chi connectivity index (χ4n) is 4.48. The lowest BCUT2D eigenvalue weighted by Gasteiger charge is -2.35. The number of ether oxygens (including phenoxy) is 2. The quantitative estimate of drug-likeness (QED) is 0.459. The molecule has 0 N–H and O–H groups in total. The van der Waals surface area contributed by atoms with Crippen molar-refractivity contribution < 1.29 is 17.9 Å². The third kappa shape index (κ3) is 5.11. The van der Waals surface area contributed by atoms with E-state index in [1.54, 1.807) is 14.0 Å². The van der Waals surface area contributed by atoms with Crippen LogP contribution in [0.5, 0.6) is 5.88 Å². The molecular formula is C23H34N7O5S-. The number of methoxy groups -OCH3 is 1. The highest BCUT2D eigenvalue weighted by molar-refractivity contribution is 7.89. The molecule has 0 aliphatic carbocycles. The highest BCUT2D eigenvalue weighted by Gasteiger charge is 2.31. The van der Waals surface area contributed by atoms with Gasteiger partial charge in [-0.25, -0.2) is 18.4 Å². The molecule has 198 valence electrons. The number of aromatic nitrogens is 3. The van der Waals surface area contributed by atoms with Gasteiger partial charge in [-0.15, -0.1) is 0 Å². The molecule has 1 saturated heterocycles. The van der Waals surface area contributed by atoms with Crippen LogP contribution in [-0.2, 0) is 34.3 Å². The molecule has 13 heteroatoms. The van der Waals surface area contributed by atoms with Crippen LogP contribution in [0.3, 0.4) is 0 Å². The SMILES string of the molecule is CCOc1ncc(S(=O)(=O)N2CCN(CC)CC2)cc1C1=Nc2c(nn(CCOC)c2CC)CN1[O-]. The average Bonchev–Trinajstić information content (AvgIpc) is 3.23. The van der Waals surface area contributed by atoms with E-state index in [2.05, 4.69) is 26.9 Å². The highest BCUT2D eigenvalue weighted by Crippen LogP contribution is 2.34. The van der Waals surface area contributed by atoms with Crippen LogP contribution < -0.4 is 4.74 Å². The fourth-order valence-corrected chi connectivity index (χ4v) is 5.87. The Bertz CT molecular complexity index is 1210. The topological polar surface area (TPSA) is 128 Å². The van der Waals surface area contributed by atoms with Gasteiger partial charge in [0.15, 0.2) is 0 Å². The van der Waals surface area contributed by atoms with E-state index in [0.717, 1.165) is 12.2 Å². The summed E-state index contributed by atoms with van der Waals surface area (Å²) in [6.45, 7) is 10.2. The van der Waals surface area contributed by atoms with Crippen molar-refractivity contribution in [2.24, 2.45) is 4.99 Å². The summed E-state index contributed by atoms with van der Waals surface area (Å²) in [6, 6.07) is 1.45. The van der Waals surface area contributed by atoms with Crippen molar-refractivity contribution in [2.45, 2.75) is 45.2 Å². The van der Waals surface area contributed by atoms with Gasteiger partial charge in [0.2, 0.25) is 15.9 Å². The zero-order valence-corrected chi connectivity index (χ0v) is 22.1. The standard InChI is InChI=1S/C23H34N7O5S/c1-5-20-21-19(26-29(20)12-13-34-4)16-30(31)22(25-21)18-14-17(15-24-23(18)35-7-3)36(32,33)28-10-8-27(6-2)9-11-28/h14-15H,5-13,16H2,1-4H3/q-1. The Balaban J connectivity index is 1.75. The molecule has 0 aromatic carbocycles. The molecule has 4 heterocycles. The minimum atomic E-state index is -3.80. The first-order valence-corrected chi connectivity index (χ1v) is 13.7. The van der Waals surface area contributed by atoms with Crippen LogP contribution >= 0.6 is 0 Å². The number of piperazine rings is 1. The largest absolute Gasteiger partial charge is 0.757 e. The van der Waals surface area contributed by atoms with E-state index < -0.39 is 10.0 Å². The van der Waals surface area contributed by atoms with Crippen molar-refractivity contribution in [1.82, 2.24) is 29.0 Å². The van der Waals surface area contributed by atoms with E-state index in [-0.39, 0.29) is 28.7 Å². The Hall–Kier alpha value is -2.58. The molecule has 2 aromatic rings. The van der Waals surface area contributed by atoms with Gasteiger partial charge in [-0.1, -0.05) is 13.8 Å². The molecule has 12 nitrogen and oxygen atoms in total. The summed E-state index contributed by atoms with van der Waals surface area (Å²) in [5.41, 5.74) is 2.33. The number of aliphatic imine (C=N–C) groups is 1. The minimum Gasteiger partial charge on any atom is -0.757 e. The zero-order valence-electron chi connectivity index (χ0n) is 21.3. The zero-order chi connectivity index (χ0) is 25.9. The molecule has 2 aliphatic rings. The van der Waals surface area contributed by atoms with E-state index >= 15 is 0 Å². The van der Waals surface area contributed by atoms with Crippen molar-refractivity contribution in [1.29, 1.82) is 0 Å². The predicted molar refractivity (Wildman–Crippen MR) is 135 cm³/mol. The van der Waals surface area contributed by atoms with Gasteiger partial charge in [-0.05, 0) is 26.0 Å². The maximum absolute atomic E-state index is 13.4. The van der Waals surface area contributed by atoms with Crippen molar-refractivity contribution in [3.8, 4) is 5.88 Å². The van der Waals surface area contributed by atoms with Gasteiger partial charge in [-0.2, -0.15) is 9.40 Å². The van der Waals surface area contributed by atoms with E-state index in [9.17, 15) is 13.6 Å². The van der Waals surface area contributed by atoms with Crippen LogP contribution in [-0.4, -0.2) is 96.3 Å². The van der Waals surface area contributed by atoms with Crippen LogP contribution in [0.15, 0.2) is 22.2 Å². The number of hydrogen-bond acceptors (Lipinski definition) is 10. The maximum Gasteiger partial charge on any atom is 0.244 e. The normalized spacial score (nSPS) is 17.2. The minimum absolute atomic E-state index is 0.0112. The number of fused-ring (bicyclic) bond motifs is 1. The molecule has 0 amide bonds. The molecule has 0 atom stereocenters. The van der Waals surface area contributed by atoms with Crippen molar-refractivity contribution >= 4 is 21.5 Å². The molecule has 0 unspecified atom stereocenters. The number of amidine groups is 1. The van der Waals surface area contributed by atoms with Crippen LogP contribution in [0.4, 0.5) is 5.69 Å². The highest BCUT2D eigenvalue weighted by atomic mass is 32.2.